The van der Waals surface area contributed by atoms with E-state index in [1.165, 1.54) is 6.42 Å². The van der Waals surface area contributed by atoms with E-state index in [0.29, 0.717) is 24.7 Å². The highest BCUT2D eigenvalue weighted by atomic mass is 16.5. The number of aromatic hydroxyl groups is 1. The number of aliphatic hydroxyl groups is 6. The van der Waals surface area contributed by atoms with E-state index in [0.717, 1.165) is 79.5 Å². The zero-order chi connectivity index (χ0) is 57.1. The van der Waals surface area contributed by atoms with Crippen LogP contribution in [0.15, 0.2) is 24.3 Å². The number of ketones is 1. The first-order valence-corrected chi connectivity index (χ1v) is 27.1. The summed E-state index contributed by atoms with van der Waals surface area (Å²) in [6, 6.07) is -7.06. The predicted octanol–water partition coefficient (Wildman–Crippen LogP) is -2.74. The summed E-state index contributed by atoms with van der Waals surface area (Å²) in [4.78, 5) is 115. The molecule has 15 atom stereocenters. The maximum absolute atomic E-state index is 14.5. The number of phenols is 1. The molecule has 3 heterocycles. The summed E-state index contributed by atoms with van der Waals surface area (Å²) in [6.07, 6.45) is -5.92. The number of ether oxygens (including phenoxy) is 1. The van der Waals surface area contributed by atoms with Gasteiger partial charge in [0.05, 0.1) is 31.0 Å². The van der Waals surface area contributed by atoms with Crippen molar-refractivity contribution in [1.82, 2.24) is 36.4 Å². The van der Waals surface area contributed by atoms with Gasteiger partial charge in [-0.15, -0.1) is 0 Å². The number of hydrogen-bond donors (Lipinski definition) is 14. The molecular weight excluding hydrogens is 1010 g/mol. The molecule has 0 aromatic heterocycles. The maximum atomic E-state index is 14.5. The molecule has 1 aromatic carbocycles. The lowest BCUT2D eigenvalue weighted by Gasteiger charge is -2.34. The van der Waals surface area contributed by atoms with Crippen LogP contribution in [0.25, 0.3) is 0 Å². The summed E-state index contributed by atoms with van der Waals surface area (Å²) in [5, 5.41) is 89.6. The van der Waals surface area contributed by atoms with Crippen LogP contribution in [-0.2, 0) is 38.3 Å². The van der Waals surface area contributed by atoms with Crippen molar-refractivity contribution in [3.8, 4) is 5.75 Å². The van der Waals surface area contributed by atoms with Gasteiger partial charge < -0.3 is 88.3 Å². The van der Waals surface area contributed by atoms with E-state index < -0.39 is 146 Å². The van der Waals surface area contributed by atoms with Crippen molar-refractivity contribution in [3.05, 3.63) is 29.8 Å². The Bertz CT molecular complexity index is 2120. The molecule has 3 saturated heterocycles. The monoisotopic (exact) mass is 1090 g/mol. The molecule has 7 amide bonds. The van der Waals surface area contributed by atoms with Crippen LogP contribution in [-0.4, -0.2) is 205 Å². The lowest BCUT2D eigenvalue weighted by atomic mass is 9.91. The molecule has 25 heteroatoms. The van der Waals surface area contributed by atoms with Crippen LogP contribution in [0.1, 0.15) is 128 Å². The number of benzene rings is 1. The number of amides is 7. The van der Waals surface area contributed by atoms with Gasteiger partial charge in [-0.05, 0) is 75.3 Å². The summed E-state index contributed by atoms with van der Waals surface area (Å²) in [5.41, 5.74) is 11.2. The van der Waals surface area contributed by atoms with Gasteiger partial charge in [-0.25, -0.2) is 0 Å². The van der Waals surface area contributed by atoms with Gasteiger partial charge in [0.2, 0.25) is 41.4 Å². The highest BCUT2D eigenvalue weighted by Gasteiger charge is 2.49. The van der Waals surface area contributed by atoms with E-state index in [2.05, 4.69) is 47.4 Å². The minimum absolute atomic E-state index is 0.0468. The zero-order valence-electron chi connectivity index (χ0n) is 44.8. The molecule has 3 aliphatic rings. The van der Waals surface area contributed by atoms with Gasteiger partial charge in [0.1, 0.15) is 54.2 Å². The molecule has 15 unspecified atom stereocenters. The molecule has 0 bridgehead atoms. The minimum Gasteiger partial charge on any atom is -0.508 e. The second-order valence-corrected chi connectivity index (χ2v) is 21.0. The number of Topliss-reactive ketones (excluding diaryl/α,β-unsaturated/α-hetero) is 1. The molecular formula is C52H85N9O16. The molecule has 0 radical (unpaired) electrons. The first-order valence-electron chi connectivity index (χ1n) is 27.1. The normalized spacial score (nSPS) is 28.2. The number of nitrogens with two attached hydrogens (primary N) is 2. The lowest BCUT2D eigenvalue weighted by Crippen LogP contribution is -2.65. The third-order valence-electron chi connectivity index (χ3n) is 14.6. The fraction of sp³-hybridized carbons (Fsp3) is 0.731. The first kappa shape index (κ1) is 64.1. The van der Waals surface area contributed by atoms with Crippen LogP contribution >= 0.6 is 0 Å². The summed E-state index contributed by atoms with van der Waals surface area (Å²) < 4.78 is 5.72. The van der Waals surface area contributed by atoms with E-state index >= 15 is 0 Å². The molecule has 3 aliphatic heterocycles. The predicted molar refractivity (Wildman–Crippen MR) is 278 cm³/mol. The van der Waals surface area contributed by atoms with Crippen LogP contribution in [0, 0.1) is 11.8 Å². The molecule has 0 aliphatic carbocycles. The molecule has 434 valence electrons. The van der Waals surface area contributed by atoms with Crippen LogP contribution in [0.2, 0.25) is 0 Å². The minimum atomic E-state index is -2.48. The van der Waals surface area contributed by atoms with Crippen molar-refractivity contribution in [2.75, 3.05) is 32.8 Å². The quantitative estimate of drug-likeness (QED) is 0.0391. The van der Waals surface area contributed by atoms with Gasteiger partial charge in [-0.1, -0.05) is 65.7 Å². The maximum Gasteiger partial charge on any atom is 0.248 e. The average Bonchev–Trinajstić information content (AvgIpc) is 3.99. The highest BCUT2D eigenvalue weighted by molar-refractivity contribution is 6.05. The number of unbranched alkanes of at least 4 members (excludes halogenated alkanes) is 5. The molecule has 0 spiro atoms. The highest BCUT2D eigenvalue weighted by Crippen LogP contribution is 2.25. The number of nitrogens with one attached hydrogen (secondary N) is 5. The second-order valence-electron chi connectivity index (χ2n) is 21.0. The van der Waals surface area contributed by atoms with E-state index in [1.54, 1.807) is 0 Å². The number of hydrogen-bond acceptors (Lipinski definition) is 18. The van der Waals surface area contributed by atoms with Crippen molar-refractivity contribution in [2.24, 2.45) is 23.3 Å². The first-order chi connectivity index (χ1) is 36.5. The van der Waals surface area contributed by atoms with Crippen LogP contribution in [0.5, 0.6) is 5.75 Å². The molecule has 25 nitrogen and oxygen atoms in total. The fourth-order valence-electron chi connectivity index (χ4n) is 10.0. The Morgan fingerprint density at radius 3 is 1.99 bits per heavy atom. The Hall–Kier alpha value is -5.38. The number of phenolic OH excluding ortho intramolecular Hbond substituents is 1. The van der Waals surface area contributed by atoms with Gasteiger partial charge in [0.15, 0.2) is 12.0 Å². The Kier molecular flexibility index (Phi) is 26.1. The lowest BCUT2D eigenvalue weighted by molar-refractivity contribution is -0.149. The number of carbonyl (C=O) groups excluding carboxylic acids is 8. The molecule has 77 heavy (non-hydrogen) atoms. The van der Waals surface area contributed by atoms with Crippen molar-refractivity contribution >= 4 is 47.1 Å². The van der Waals surface area contributed by atoms with Crippen LogP contribution in [0.4, 0.5) is 0 Å². The van der Waals surface area contributed by atoms with E-state index in [9.17, 15) is 74.1 Å². The number of carbonyl (C=O) groups is 8. The van der Waals surface area contributed by atoms with E-state index in [1.807, 2.05) is 0 Å². The van der Waals surface area contributed by atoms with Crippen LogP contribution < -0.4 is 38.1 Å². The third-order valence-corrected chi connectivity index (χ3v) is 14.6. The summed E-state index contributed by atoms with van der Waals surface area (Å²) in [7, 11) is 0. The molecule has 0 saturated carbocycles. The standard InChI is InChI=1S/C52H85N9O16/c1-5-28(2)24-29(3)12-10-8-6-7-9-11-13-39(68)55-34-26-38(67)50(77-23-21-54)59-49(74)43-37(66)19-22-60(43)52(76)41(36(65)18-20-53)57-48(73)42(45(70)44(69)31-14-16-32(63)17-15-31)58-47(72)35-25-33(64)27-61(35)51(75)40(30(4)62)56-46(34)71/h14-17,28-30,33-38,40-43,45,50,62-67,70H,5-13,18-27,53-54H2,1-4H3,(H,55,68)(H,56,71)(H,57,73)(H,58,72)(H,59,74). The van der Waals surface area contributed by atoms with Crippen molar-refractivity contribution < 1.29 is 78.8 Å². The number of nitrogens with zero attached hydrogens (tertiary/aromatic N) is 2. The Morgan fingerprint density at radius 2 is 1.35 bits per heavy atom. The van der Waals surface area contributed by atoms with E-state index in [-0.39, 0.29) is 56.8 Å². The van der Waals surface area contributed by atoms with Crippen molar-refractivity contribution in [3.63, 3.8) is 0 Å². The Labute approximate surface area is 449 Å². The van der Waals surface area contributed by atoms with Crippen molar-refractivity contribution in [2.45, 2.75) is 197 Å². The summed E-state index contributed by atoms with van der Waals surface area (Å²) in [6.45, 7) is 6.24. The second kappa shape index (κ2) is 31.3. The average molecular weight is 1090 g/mol. The summed E-state index contributed by atoms with van der Waals surface area (Å²) >= 11 is 0. The number of aliphatic hydroxyl groups excluding tert-OH is 6. The Morgan fingerprint density at radius 1 is 0.727 bits per heavy atom. The number of rotatable bonds is 23. The van der Waals surface area contributed by atoms with Gasteiger partial charge >= 0.3 is 0 Å². The Balaban J connectivity index is 1.73. The van der Waals surface area contributed by atoms with Gasteiger partial charge in [-0.2, -0.15) is 0 Å². The van der Waals surface area contributed by atoms with E-state index in [4.69, 9.17) is 16.2 Å². The van der Waals surface area contributed by atoms with Gasteiger partial charge in [0, 0.05) is 44.5 Å². The largest absolute Gasteiger partial charge is 0.508 e. The molecule has 3 fully saturated rings. The zero-order valence-corrected chi connectivity index (χ0v) is 44.8. The smallest absolute Gasteiger partial charge is 0.248 e. The molecule has 1 aromatic rings. The fourth-order valence-corrected chi connectivity index (χ4v) is 10.0. The topological polar surface area (TPSA) is 406 Å². The van der Waals surface area contributed by atoms with Gasteiger partial charge in [0.25, 0.3) is 0 Å². The molecule has 4 rings (SSSR count). The summed E-state index contributed by atoms with van der Waals surface area (Å²) in [5.74, 6) is -8.00. The third kappa shape index (κ3) is 18.6. The molecule has 16 N–H and O–H groups in total. The number of fused-ring (bicyclic) bond motifs is 2. The van der Waals surface area contributed by atoms with Gasteiger partial charge in [-0.3, -0.25) is 38.4 Å². The van der Waals surface area contributed by atoms with Crippen molar-refractivity contribution in [1.29, 1.82) is 0 Å². The SMILES string of the molecule is CCC(C)CC(C)CCCCCCCCC(=O)NC1CC(O)C(OCCN)NC(=O)C2C(O)CCN2C(=O)C(C(O)CCN)NC(=O)C(C(O)C(=O)c2ccc(O)cc2)NC(=O)C2CC(O)CN2C(=O)C(C(C)O)NC1=O. The van der Waals surface area contributed by atoms with Crippen LogP contribution in [0.3, 0.4) is 0 Å².